The number of rotatable bonds is 4. The number of aromatic nitrogens is 4. The molecule has 7 heterocycles. The molecule has 2 fully saturated rings. The number of Topliss-reactive ketones (excluding diaryl/α,β-unsaturated/α-hetero) is 2. The summed E-state index contributed by atoms with van der Waals surface area (Å²) in [5.41, 5.74) is 2.05. The van der Waals surface area contributed by atoms with Crippen molar-refractivity contribution in [2.75, 3.05) is 0 Å². The SMILES string of the molecule is CC(=O)OC1CC(O)C(C)OC1C1(C)C(=O)c2cc3cc(C)c(cc4nc(cc5[nH]c(cc1n2)cc5C)C(=O)C4(C)C1OC(C)C(O)CC1OC(C)=O)[nH]3. The Hall–Kier alpha value is -4.76. The first kappa shape index (κ1) is 37.6. The Morgan fingerprint density at radius 3 is 1.57 bits per heavy atom. The minimum Gasteiger partial charge on any atom is -0.460 e. The molecule has 0 radical (unpaired) electrons. The summed E-state index contributed by atoms with van der Waals surface area (Å²) >= 11 is 0. The summed E-state index contributed by atoms with van der Waals surface area (Å²) in [4.78, 5) is 70.1. The van der Waals surface area contributed by atoms with Gasteiger partial charge < -0.3 is 39.1 Å². The quantitative estimate of drug-likeness (QED) is 0.279. The van der Waals surface area contributed by atoms with Gasteiger partial charge in [-0.2, -0.15) is 0 Å². The number of aromatic amines is 2. The molecule has 3 aromatic rings. The van der Waals surface area contributed by atoms with E-state index in [1.807, 2.05) is 26.0 Å². The molecule has 7 rings (SSSR count). The predicted octanol–water partition coefficient (Wildman–Crippen LogP) is 4.15. The van der Waals surface area contributed by atoms with E-state index < -0.39 is 71.6 Å². The van der Waals surface area contributed by atoms with Crippen LogP contribution in [0.2, 0.25) is 0 Å². The topological polar surface area (TPSA) is 203 Å². The number of aliphatic hydroxyl groups is 2. The Kier molecular flexibility index (Phi) is 9.40. The van der Waals surface area contributed by atoms with Gasteiger partial charge in [-0.25, -0.2) is 9.97 Å². The minimum atomic E-state index is -1.43. The second kappa shape index (κ2) is 13.5. The third-order valence-corrected chi connectivity index (χ3v) is 11.5. The van der Waals surface area contributed by atoms with Crippen molar-refractivity contribution in [1.29, 1.82) is 0 Å². The van der Waals surface area contributed by atoms with E-state index in [9.17, 15) is 29.4 Å². The van der Waals surface area contributed by atoms with Crippen LogP contribution >= 0.6 is 0 Å². The molecule has 54 heavy (non-hydrogen) atoms. The van der Waals surface area contributed by atoms with Gasteiger partial charge in [0.1, 0.15) is 46.6 Å². The Bertz CT molecular complexity index is 2230. The van der Waals surface area contributed by atoms with E-state index in [1.165, 1.54) is 13.8 Å². The number of nitrogens with one attached hydrogen (secondary N) is 2. The molecule has 10 unspecified atom stereocenters. The first-order valence-electron chi connectivity index (χ1n) is 18.2. The molecule has 4 aliphatic heterocycles. The zero-order valence-corrected chi connectivity index (χ0v) is 31.6. The highest BCUT2D eigenvalue weighted by atomic mass is 16.6. The molecule has 2 saturated heterocycles. The number of hydrogen-bond donors (Lipinski definition) is 4. The molecule has 0 amide bonds. The summed E-state index contributed by atoms with van der Waals surface area (Å²) in [6.45, 7) is 13.1. The zero-order chi connectivity index (χ0) is 39.0. The Morgan fingerprint density at radius 1 is 0.704 bits per heavy atom. The molecule has 4 N–H and O–H groups in total. The molecular formula is C40H46N4O10. The maximum atomic E-state index is 14.7. The number of esters is 2. The summed E-state index contributed by atoms with van der Waals surface area (Å²) in [6.07, 6.45) is -6.74. The van der Waals surface area contributed by atoms with E-state index in [4.69, 9.17) is 28.9 Å². The van der Waals surface area contributed by atoms with Crippen LogP contribution in [0.25, 0.3) is 22.1 Å². The first-order chi connectivity index (χ1) is 25.4. The number of aryl methyl sites for hydroxylation is 2. The average molecular weight is 743 g/mol. The van der Waals surface area contributed by atoms with Crippen LogP contribution in [-0.4, -0.2) is 102 Å². The number of hydrogen-bond acceptors (Lipinski definition) is 12. The van der Waals surface area contributed by atoms with E-state index in [2.05, 4.69) is 9.97 Å². The van der Waals surface area contributed by atoms with Crippen LogP contribution in [0.4, 0.5) is 0 Å². The van der Waals surface area contributed by atoms with Crippen molar-refractivity contribution in [3.63, 3.8) is 0 Å². The molecule has 3 aromatic heterocycles. The van der Waals surface area contributed by atoms with Gasteiger partial charge in [0.2, 0.25) is 0 Å². The summed E-state index contributed by atoms with van der Waals surface area (Å²) in [5.74, 6) is -1.83. The van der Waals surface area contributed by atoms with E-state index >= 15 is 0 Å². The average Bonchev–Trinajstić information content (AvgIpc) is 3.76. The normalized spacial score (nSPS) is 32.7. The summed E-state index contributed by atoms with van der Waals surface area (Å²) in [5, 5.41) is 21.3. The van der Waals surface area contributed by atoms with Gasteiger partial charge in [0, 0.05) is 48.8 Å². The lowest BCUT2D eigenvalue weighted by molar-refractivity contribution is -0.197. The maximum Gasteiger partial charge on any atom is 0.302 e. The molecule has 0 aliphatic carbocycles. The summed E-state index contributed by atoms with van der Waals surface area (Å²) < 4.78 is 23.9. The van der Waals surface area contributed by atoms with Gasteiger partial charge >= 0.3 is 11.9 Å². The van der Waals surface area contributed by atoms with Gasteiger partial charge in [-0.15, -0.1) is 0 Å². The Labute approximate surface area is 311 Å². The lowest BCUT2D eigenvalue weighted by atomic mass is 9.73. The number of ether oxygens (including phenoxy) is 4. The van der Waals surface area contributed by atoms with E-state index in [-0.39, 0.29) is 35.8 Å². The van der Waals surface area contributed by atoms with Gasteiger partial charge in [-0.1, -0.05) is 0 Å². The monoisotopic (exact) mass is 742 g/mol. The van der Waals surface area contributed by atoms with E-state index in [1.54, 1.807) is 52.0 Å². The second-order valence-corrected chi connectivity index (χ2v) is 15.5. The highest BCUT2D eigenvalue weighted by Crippen LogP contribution is 2.44. The molecule has 286 valence electrons. The molecule has 14 nitrogen and oxygen atoms in total. The van der Waals surface area contributed by atoms with Crippen molar-refractivity contribution in [3.8, 4) is 0 Å². The van der Waals surface area contributed by atoms with Crippen molar-refractivity contribution in [2.24, 2.45) is 0 Å². The van der Waals surface area contributed by atoms with Gasteiger partial charge in [0.05, 0.1) is 35.8 Å². The second-order valence-electron chi connectivity index (χ2n) is 15.5. The fourth-order valence-corrected chi connectivity index (χ4v) is 8.28. The molecule has 10 atom stereocenters. The molecule has 4 aliphatic rings. The van der Waals surface area contributed by atoms with E-state index in [0.29, 0.717) is 33.5 Å². The fourth-order valence-electron chi connectivity index (χ4n) is 8.28. The van der Waals surface area contributed by atoms with Gasteiger partial charge in [-0.3, -0.25) is 19.2 Å². The van der Waals surface area contributed by atoms with Crippen LogP contribution in [0.3, 0.4) is 0 Å². The van der Waals surface area contributed by atoms with Gasteiger partial charge in [0.15, 0.2) is 11.6 Å². The first-order valence-corrected chi connectivity index (χ1v) is 18.2. The number of aliphatic hydroxyl groups excluding tert-OH is 2. The molecule has 0 spiro atoms. The highest BCUT2D eigenvalue weighted by molar-refractivity contribution is 6.07. The van der Waals surface area contributed by atoms with Crippen molar-refractivity contribution >= 4 is 45.6 Å². The number of carbonyl (C=O) groups is 4. The fraction of sp³-hybridized carbons (Fsp3) is 0.500. The number of nitrogens with zero attached hydrogens (tertiary/aromatic N) is 2. The summed E-state index contributed by atoms with van der Waals surface area (Å²) in [7, 11) is 0. The van der Waals surface area contributed by atoms with Gasteiger partial charge in [-0.05, 0) is 89.1 Å². The standard InChI is InChI=1S/C40H46N4O10/c1-17-10-24-12-33-39(7,37-31(53-21(5)45)15-29(47)19(3)51-37)35(49)27(43-33)11-23-9-18(2)26(41-23)14-34-40(8,36(50)28(44-34)13-25(17)42-24)38-32(54-22(6)46)16-30(48)20(4)52-38/h9-14,19-20,29-32,37-38,41-42,47-48H,15-16H2,1-8H3. The Balaban J connectivity index is 1.45. The molecule has 0 aromatic carbocycles. The highest BCUT2D eigenvalue weighted by Gasteiger charge is 2.57. The minimum absolute atomic E-state index is 0.0804. The van der Waals surface area contributed by atoms with Crippen LogP contribution in [0.15, 0.2) is 36.4 Å². The third kappa shape index (κ3) is 6.24. The van der Waals surface area contributed by atoms with Crippen LogP contribution in [0, 0.1) is 13.8 Å². The summed E-state index contributed by atoms with van der Waals surface area (Å²) in [6, 6.07) is 10.5. The van der Waals surface area contributed by atoms with Crippen molar-refractivity contribution in [3.05, 3.63) is 70.3 Å². The lowest BCUT2D eigenvalue weighted by Crippen LogP contribution is -2.57. The largest absolute Gasteiger partial charge is 0.460 e. The molecule has 14 heteroatoms. The van der Waals surface area contributed by atoms with Gasteiger partial charge in [0.25, 0.3) is 0 Å². The molecular weight excluding hydrogens is 696 g/mol. The third-order valence-electron chi connectivity index (χ3n) is 11.5. The Morgan fingerprint density at radius 2 is 1.11 bits per heavy atom. The zero-order valence-electron chi connectivity index (χ0n) is 31.6. The van der Waals surface area contributed by atoms with Crippen molar-refractivity contribution in [1.82, 2.24) is 19.9 Å². The predicted molar refractivity (Wildman–Crippen MR) is 195 cm³/mol. The smallest absolute Gasteiger partial charge is 0.302 e. The van der Waals surface area contributed by atoms with Crippen LogP contribution in [0.5, 0.6) is 0 Å². The molecule has 8 bridgehead atoms. The van der Waals surface area contributed by atoms with Crippen LogP contribution < -0.4 is 0 Å². The van der Waals surface area contributed by atoms with Crippen molar-refractivity contribution < 1.29 is 48.3 Å². The number of carbonyl (C=O) groups excluding carboxylic acids is 4. The number of fused-ring (bicyclic) bond motifs is 8. The van der Waals surface area contributed by atoms with Crippen LogP contribution in [-0.2, 0) is 39.4 Å². The van der Waals surface area contributed by atoms with Crippen molar-refractivity contribution in [2.45, 2.75) is 128 Å². The molecule has 0 saturated carbocycles. The maximum absolute atomic E-state index is 14.7. The number of ketones is 2. The van der Waals surface area contributed by atoms with E-state index in [0.717, 1.165) is 11.1 Å². The lowest BCUT2D eigenvalue weighted by Gasteiger charge is -2.44. The van der Waals surface area contributed by atoms with Crippen LogP contribution in [0.1, 0.15) is 97.9 Å². The number of H-pyrrole nitrogens is 2.